The fraction of sp³-hybridized carbons (Fsp3) is 0.750. The van der Waals surface area contributed by atoms with Crippen LogP contribution in [0.4, 0.5) is 0 Å². The first-order valence-corrected chi connectivity index (χ1v) is 18.9. The minimum Gasteiger partial charge on any atom is -0.387 e. The SMILES string of the molecule is CC/C=C\C/C=C\C/C=C\CCCCCCCCCC(=O)NC(CS(=O)(=O)O)C(O)/C=C/CCCCCCCCCCC. The van der Waals surface area contributed by atoms with Crippen LogP contribution in [0, 0.1) is 0 Å². The monoisotopic (exact) mass is 623 g/mol. The van der Waals surface area contributed by atoms with E-state index < -0.39 is 28.0 Å². The van der Waals surface area contributed by atoms with Gasteiger partial charge in [0.25, 0.3) is 10.1 Å². The number of amides is 1. The van der Waals surface area contributed by atoms with Gasteiger partial charge in [-0.2, -0.15) is 8.42 Å². The maximum absolute atomic E-state index is 12.4. The highest BCUT2D eigenvalue weighted by Crippen LogP contribution is 2.12. The molecule has 0 aromatic carbocycles. The van der Waals surface area contributed by atoms with Gasteiger partial charge in [-0.3, -0.25) is 9.35 Å². The van der Waals surface area contributed by atoms with Crippen LogP contribution >= 0.6 is 0 Å². The summed E-state index contributed by atoms with van der Waals surface area (Å²) in [5.41, 5.74) is 0. The van der Waals surface area contributed by atoms with E-state index >= 15 is 0 Å². The summed E-state index contributed by atoms with van der Waals surface area (Å²) in [5, 5.41) is 13.1. The molecule has 0 heterocycles. The molecule has 0 saturated carbocycles. The van der Waals surface area contributed by atoms with Gasteiger partial charge >= 0.3 is 0 Å². The molecule has 0 fully saturated rings. The van der Waals surface area contributed by atoms with Gasteiger partial charge in [-0.15, -0.1) is 0 Å². The predicted molar refractivity (Wildman–Crippen MR) is 184 cm³/mol. The smallest absolute Gasteiger partial charge is 0.267 e. The molecule has 250 valence electrons. The van der Waals surface area contributed by atoms with E-state index in [-0.39, 0.29) is 12.3 Å². The van der Waals surface area contributed by atoms with Gasteiger partial charge in [-0.05, 0) is 51.4 Å². The molecule has 43 heavy (non-hydrogen) atoms. The molecule has 2 unspecified atom stereocenters. The Balaban J connectivity index is 4.02. The Morgan fingerprint density at radius 1 is 0.651 bits per heavy atom. The lowest BCUT2D eigenvalue weighted by Crippen LogP contribution is -2.46. The second kappa shape index (κ2) is 30.3. The van der Waals surface area contributed by atoms with Gasteiger partial charge in [0, 0.05) is 6.42 Å². The number of hydrogen-bond donors (Lipinski definition) is 3. The molecule has 3 N–H and O–H groups in total. The summed E-state index contributed by atoms with van der Waals surface area (Å²) in [5.74, 6) is -0.996. The molecule has 2 atom stereocenters. The predicted octanol–water partition coefficient (Wildman–Crippen LogP) is 9.57. The van der Waals surface area contributed by atoms with Crippen LogP contribution in [0.3, 0.4) is 0 Å². The molecule has 0 radical (unpaired) electrons. The first kappa shape index (κ1) is 41.3. The van der Waals surface area contributed by atoms with Crippen LogP contribution in [0.5, 0.6) is 0 Å². The second-order valence-electron chi connectivity index (χ2n) is 11.8. The molecule has 0 bridgehead atoms. The van der Waals surface area contributed by atoms with Crippen LogP contribution in [-0.2, 0) is 14.9 Å². The molecule has 1 amide bonds. The van der Waals surface area contributed by atoms with Crippen LogP contribution < -0.4 is 5.32 Å². The van der Waals surface area contributed by atoms with Crippen LogP contribution in [0.25, 0.3) is 0 Å². The lowest BCUT2D eigenvalue weighted by Gasteiger charge is -2.21. The largest absolute Gasteiger partial charge is 0.387 e. The van der Waals surface area contributed by atoms with Crippen molar-refractivity contribution in [3.8, 4) is 0 Å². The normalized spacial score (nSPS) is 14.0. The first-order valence-electron chi connectivity index (χ1n) is 17.3. The quantitative estimate of drug-likeness (QED) is 0.0420. The van der Waals surface area contributed by atoms with Crippen molar-refractivity contribution >= 4 is 16.0 Å². The van der Waals surface area contributed by atoms with Crippen molar-refractivity contribution in [3.63, 3.8) is 0 Å². The molecule has 0 saturated heterocycles. The Hall–Kier alpha value is -1.70. The molecule has 6 nitrogen and oxygen atoms in total. The Labute approximate surface area is 265 Å². The van der Waals surface area contributed by atoms with Gasteiger partial charge in [0.15, 0.2) is 0 Å². The van der Waals surface area contributed by atoms with Gasteiger partial charge in [0.1, 0.15) is 0 Å². The molecular formula is C36H65NO5S. The van der Waals surface area contributed by atoms with Gasteiger partial charge in [-0.25, -0.2) is 0 Å². The van der Waals surface area contributed by atoms with Crippen molar-refractivity contribution in [1.29, 1.82) is 0 Å². The maximum atomic E-state index is 12.4. The molecule has 0 aliphatic rings. The summed E-state index contributed by atoms with van der Waals surface area (Å²) < 4.78 is 32.3. The molecule has 0 spiro atoms. The summed E-state index contributed by atoms with van der Waals surface area (Å²) in [6.45, 7) is 4.37. The van der Waals surface area contributed by atoms with Crippen LogP contribution in [0.15, 0.2) is 48.6 Å². The van der Waals surface area contributed by atoms with E-state index in [0.29, 0.717) is 0 Å². The number of unbranched alkanes of at least 4 members (excludes halogenated alkanes) is 16. The summed E-state index contributed by atoms with van der Waals surface area (Å²) >= 11 is 0. The summed E-state index contributed by atoms with van der Waals surface area (Å²) in [4.78, 5) is 12.4. The third kappa shape index (κ3) is 31.5. The van der Waals surface area contributed by atoms with Crippen molar-refractivity contribution in [2.24, 2.45) is 0 Å². The van der Waals surface area contributed by atoms with Gasteiger partial charge in [0.05, 0.1) is 17.9 Å². The van der Waals surface area contributed by atoms with E-state index in [0.717, 1.165) is 70.6 Å². The number of carbonyl (C=O) groups is 1. The Morgan fingerprint density at radius 3 is 1.65 bits per heavy atom. The van der Waals surface area contributed by atoms with Crippen molar-refractivity contribution in [3.05, 3.63) is 48.6 Å². The van der Waals surface area contributed by atoms with Gasteiger partial charge in [-0.1, -0.05) is 146 Å². The highest BCUT2D eigenvalue weighted by Gasteiger charge is 2.24. The van der Waals surface area contributed by atoms with Crippen molar-refractivity contribution in [1.82, 2.24) is 5.32 Å². The summed E-state index contributed by atoms with van der Waals surface area (Å²) in [6.07, 6.45) is 39.5. The molecular weight excluding hydrogens is 558 g/mol. The van der Waals surface area contributed by atoms with Crippen LogP contribution in [0.2, 0.25) is 0 Å². The number of aliphatic hydroxyl groups excluding tert-OH is 1. The number of allylic oxidation sites excluding steroid dienone is 7. The minimum absolute atomic E-state index is 0.283. The second-order valence-corrected chi connectivity index (χ2v) is 13.3. The number of carbonyl (C=O) groups excluding carboxylic acids is 1. The van der Waals surface area contributed by atoms with E-state index in [1.165, 1.54) is 64.2 Å². The average Bonchev–Trinajstić information content (AvgIpc) is 2.96. The van der Waals surface area contributed by atoms with Crippen molar-refractivity contribution in [2.75, 3.05) is 5.75 Å². The standard InChI is InChI=1S/C36H65NO5S/c1-3-5-7-9-11-13-15-16-17-18-19-20-22-24-26-28-30-32-36(39)37-34(33-43(40,41)42)35(38)31-29-27-25-23-21-14-12-10-8-6-4-2/h5,7,11,13,16-17,29,31,34-35,38H,3-4,6,8-10,12,14-15,18-28,30,32-33H2,1-2H3,(H,37,39)(H,40,41,42)/b7-5-,13-11-,17-16-,31-29+. The maximum Gasteiger partial charge on any atom is 0.267 e. The zero-order valence-corrected chi connectivity index (χ0v) is 28.4. The average molecular weight is 624 g/mol. The Morgan fingerprint density at radius 2 is 1.12 bits per heavy atom. The highest BCUT2D eigenvalue weighted by atomic mass is 32.2. The molecule has 0 aromatic rings. The highest BCUT2D eigenvalue weighted by molar-refractivity contribution is 7.85. The summed E-state index contributed by atoms with van der Waals surface area (Å²) in [6, 6.07) is -1.06. The number of aliphatic hydroxyl groups is 1. The summed E-state index contributed by atoms with van der Waals surface area (Å²) in [7, 11) is -4.34. The third-order valence-electron chi connectivity index (χ3n) is 7.51. The lowest BCUT2D eigenvalue weighted by molar-refractivity contribution is -0.122. The van der Waals surface area contributed by atoms with Gasteiger partial charge in [0.2, 0.25) is 5.91 Å². The van der Waals surface area contributed by atoms with E-state index in [1.54, 1.807) is 6.08 Å². The van der Waals surface area contributed by atoms with E-state index in [9.17, 15) is 22.9 Å². The molecule has 0 aliphatic carbocycles. The Bertz CT molecular complexity index is 863. The van der Waals surface area contributed by atoms with Gasteiger partial charge < -0.3 is 10.4 Å². The molecule has 7 heteroatoms. The Kier molecular flexibility index (Phi) is 29.1. The topological polar surface area (TPSA) is 104 Å². The van der Waals surface area contributed by atoms with E-state index in [1.807, 2.05) is 6.08 Å². The fourth-order valence-corrected chi connectivity index (χ4v) is 5.67. The van der Waals surface area contributed by atoms with Crippen LogP contribution in [-0.4, -0.2) is 41.9 Å². The first-order chi connectivity index (χ1) is 20.8. The fourth-order valence-electron chi connectivity index (χ4n) is 4.93. The molecule has 0 aromatic heterocycles. The van der Waals surface area contributed by atoms with Crippen LogP contribution in [0.1, 0.15) is 155 Å². The molecule has 0 aliphatic heterocycles. The lowest BCUT2D eigenvalue weighted by atomic mass is 10.1. The van der Waals surface area contributed by atoms with Crippen molar-refractivity contribution in [2.45, 2.75) is 167 Å². The number of nitrogens with one attached hydrogen (secondary N) is 1. The number of hydrogen-bond acceptors (Lipinski definition) is 4. The zero-order valence-electron chi connectivity index (χ0n) is 27.6. The zero-order chi connectivity index (χ0) is 31.9. The molecule has 0 rings (SSSR count). The van der Waals surface area contributed by atoms with E-state index in [4.69, 9.17) is 0 Å². The minimum atomic E-state index is -4.34. The van der Waals surface area contributed by atoms with Crippen molar-refractivity contribution < 1.29 is 22.9 Å². The number of rotatable bonds is 30. The third-order valence-corrected chi connectivity index (χ3v) is 8.29. The van der Waals surface area contributed by atoms with E-state index in [2.05, 4.69) is 55.6 Å².